The molecule has 0 aliphatic carbocycles. The summed E-state index contributed by atoms with van der Waals surface area (Å²) in [5.74, 6) is -0.295. The van der Waals surface area contributed by atoms with Crippen molar-refractivity contribution in [2.24, 2.45) is 0 Å². The lowest BCUT2D eigenvalue weighted by Gasteiger charge is -2.27. The third-order valence-electron chi connectivity index (χ3n) is 3.16. The number of imidazole rings is 1. The van der Waals surface area contributed by atoms with Gasteiger partial charge in [0, 0.05) is 6.54 Å². The van der Waals surface area contributed by atoms with Crippen molar-refractivity contribution in [3.63, 3.8) is 0 Å². The van der Waals surface area contributed by atoms with E-state index < -0.39 is 11.1 Å². The Hall–Kier alpha value is -1.50. The molecule has 0 bridgehead atoms. The van der Waals surface area contributed by atoms with Crippen LogP contribution in [0.3, 0.4) is 0 Å². The highest BCUT2D eigenvalue weighted by molar-refractivity contribution is 5.06. The number of aromatic nitrogens is 2. The number of nitrogens with zero attached hydrogens (tertiary/aromatic N) is 4. The monoisotopic (exact) mass is 256 g/mol. The molecule has 1 fully saturated rings. The maximum atomic E-state index is 13.9. The number of rotatable bonds is 5. The predicted octanol–water partition coefficient (Wildman–Crippen LogP) is 1.62. The molecule has 0 radical (unpaired) electrons. The molecule has 1 aromatic heterocycles. The van der Waals surface area contributed by atoms with Crippen LogP contribution in [0.2, 0.25) is 0 Å². The molecule has 1 atom stereocenters. The van der Waals surface area contributed by atoms with Gasteiger partial charge in [-0.15, -0.1) is 0 Å². The minimum Gasteiger partial charge on any atom is -0.390 e. The van der Waals surface area contributed by atoms with Crippen molar-refractivity contribution in [2.75, 3.05) is 19.6 Å². The first-order valence-electron chi connectivity index (χ1n) is 6.19. The Labute approximate surface area is 105 Å². The summed E-state index contributed by atoms with van der Waals surface area (Å²) >= 11 is 0. The van der Waals surface area contributed by atoms with Crippen LogP contribution >= 0.6 is 0 Å². The van der Waals surface area contributed by atoms with Crippen LogP contribution < -0.4 is 0 Å². The lowest BCUT2D eigenvalue weighted by atomic mass is 10.1. The number of halogens is 1. The second kappa shape index (κ2) is 5.90. The summed E-state index contributed by atoms with van der Waals surface area (Å²) < 4.78 is 15.1. The van der Waals surface area contributed by atoms with Crippen molar-refractivity contribution in [1.82, 2.24) is 14.5 Å². The van der Waals surface area contributed by atoms with E-state index in [2.05, 4.69) is 9.88 Å². The van der Waals surface area contributed by atoms with Crippen LogP contribution in [0.15, 0.2) is 12.4 Å². The van der Waals surface area contributed by atoms with E-state index in [0.717, 1.165) is 25.9 Å². The van der Waals surface area contributed by atoms with E-state index in [0.29, 0.717) is 6.54 Å². The first kappa shape index (κ1) is 12.9. The molecular formula is C11H17FN4O2. The van der Waals surface area contributed by atoms with Crippen molar-refractivity contribution in [2.45, 2.75) is 32.0 Å². The van der Waals surface area contributed by atoms with Gasteiger partial charge in [0.15, 0.2) is 0 Å². The average molecular weight is 256 g/mol. The quantitative estimate of drug-likeness (QED) is 0.593. The van der Waals surface area contributed by atoms with E-state index in [-0.39, 0.29) is 12.5 Å². The number of hydrogen-bond acceptors (Lipinski definition) is 4. The maximum Gasteiger partial charge on any atom is 0.434 e. The Morgan fingerprint density at radius 1 is 1.39 bits per heavy atom. The van der Waals surface area contributed by atoms with E-state index in [1.165, 1.54) is 23.4 Å². The van der Waals surface area contributed by atoms with Crippen LogP contribution in [0.25, 0.3) is 0 Å². The summed E-state index contributed by atoms with van der Waals surface area (Å²) in [4.78, 5) is 15.7. The Kier molecular flexibility index (Phi) is 4.24. The summed E-state index contributed by atoms with van der Waals surface area (Å²) in [6.45, 7) is 2.18. The highest BCUT2D eigenvalue weighted by atomic mass is 19.1. The maximum absolute atomic E-state index is 13.9. The molecule has 2 rings (SSSR count). The molecule has 0 N–H and O–H groups in total. The van der Waals surface area contributed by atoms with E-state index in [9.17, 15) is 14.5 Å². The van der Waals surface area contributed by atoms with Gasteiger partial charge in [-0.05, 0) is 30.9 Å². The lowest BCUT2D eigenvalue weighted by Crippen LogP contribution is -2.36. The zero-order valence-electron chi connectivity index (χ0n) is 10.2. The van der Waals surface area contributed by atoms with Crippen molar-refractivity contribution < 1.29 is 9.31 Å². The topological polar surface area (TPSA) is 64.2 Å². The van der Waals surface area contributed by atoms with E-state index in [4.69, 9.17) is 0 Å². The zero-order chi connectivity index (χ0) is 13.0. The number of hydrogen-bond donors (Lipinski definition) is 0. The normalized spacial score (nSPS) is 18.7. The summed E-state index contributed by atoms with van der Waals surface area (Å²) in [6.07, 6.45) is 5.10. The summed E-state index contributed by atoms with van der Waals surface area (Å²) in [5, 5.41) is 10.6. The molecule has 6 nitrogen and oxygen atoms in total. The summed E-state index contributed by atoms with van der Waals surface area (Å²) in [5.41, 5.74) is 0. The molecule has 0 saturated carbocycles. The van der Waals surface area contributed by atoms with Gasteiger partial charge < -0.3 is 15.0 Å². The Bertz CT molecular complexity index is 404. The molecule has 7 heteroatoms. The van der Waals surface area contributed by atoms with Crippen molar-refractivity contribution in [3.8, 4) is 0 Å². The van der Waals surface area contributed by atoms with Crippen LogP contribution in [0.1, 0.15) is 19.3 Å². The third kappa shape index (κ3) is 3.25. The standard InChI is InChI=1S/C11H17FN4O2/c12-10(8-14-5-2-1-3-6-14)9-15-7-4-13-11(15)16(17)18/h4,7,10H,1-3,5-6,8-9H2. The predicted molar refractivity (Wildman–Crippen MR) is 64.1 cm³/mol. The number of piperidine rings is 1. The second-order valence-corrected chi connectivity index (χ2v) is 4.60. The van der Waals surface area contributed by atoms with Crippen LogP contribution in [0.4, 0.5) is 10.3 Å². The average Bonchev–Trinajstić information content (AvgIpc) is 2.78. The lowest BCUT2D eigenvalue weighted by molar-refractivity contribution is -0.396. The first-order valence-corrected chi connectivity index (χ1v) is 6.19. The Balaban J connectivity index is 1.88. The minimum absolute atomic E-state index is 0.00713. The minimum atomic E-state index is -1.10. The molecule has 1 aliphatic heterocycles. The fourth-order valence-electron chi connectivity index (χ4n) is 2.31. The molecular weight excluding hydrogens is 239 g/mol. The fraction of sp³-hybridized carbons (Fsp3) is 0.727. The molecule has 1 aliphatic rings. The second-order valence-electron chi connectivity index (χ2n) is 4.60. The fourth-order valence-corrected chi connectivity index (χ4v) is 2.31. The van der Waals surface area contributed by atoms with E-state index in [1.54, 1.807) is 0 Å². The zero-order valence-corrected chi connectivity index (χ0v) is 10.2. The van der Waals surface area contributed by atoms with Gasteiger partial charge in [0.2, 0.25) is 0 Å². The summed E-state index contributed by atoms with van der Waals surface area (Å²) in [6, 6.07) is 0. The molecule has 18 heavy (non-hydrogen) atoms. The number of nitro groups is 1. The van der Waals surface area contributed by atoms with Gasteiger partial charge in [0.05, 0.1) is 0 Å². The van der Waals surface area contributed by atoms with Crippen molar-refractivity contribution >= 4 is 5.95 Å². The van der Waals surface area contributed by atoms with Gasteiger partial charge >= 0.3 is 5.95 Å². The molecule has 100 valence electrons. The molecule has 0 aromatic carbocycles. The summed E-state index contributed by atoms with van der Waals surface area (Å²) in [7, 11) is 0. The Morgan fingerprint density at radius 2 is 2.11 bits per heavy atom. The van der Waals surface area contributed by atoms with Gasteiger partial charge in [0.1, 0.15) is 25.1 Å². The van der Waals surface area contributed by atoms with Gasteiger partial charge in [0.25, 0.3) is 0 Å². The van der Waals surface area contributed by atoms with Crippen molar-refractivity contribution in [1.29, 1.82) is 0 Å². The Morgan fingerprint density at radius 3 is 2.78 bits per heavy atom. The largest absolute Gasteiger partial charge is 0.434 e. The van der Waals surface area contributed by atoms with Crippen LogP contribution in [-0.4, -0.2) is 45.2 Å². The van der Waals surface area contributed by atoms with Crippen LogP contribution in [-0.2, 0) is 6.54 Å². The van der Waals surface area contributed by atoms with Crippen LogP contribution in [0.5, 0.6) is 0 Å². The first-order chi connectivity index (χ1) is 8.66. The van der Waals surface area contributed by atoms with Gasteiger partial charge in [-0.3, -0.25) is 0 Å². The van der Waals surface area contributed by atoms with Crippen molar-refractivity contribution in [3.05, 3.63) is 22.5 Å². The molecule has 2 heterocycles. The highest BCUT2D eigenvalue weighted by Gasteiger charge is 2.21. The van der Waals surface area contributed by atoms with Gasteiger partial charge in [-0.2, -0.15) is 0 Å². The molecule has 1 aromatic rings. The molecule has 1 unspecified atom stereocenters. The SMILES string of the molecule is O=[N+]([O-])c1nccn1CC(F)CN1CCCCC1. The molecule has 0 amide bonds. The molecule has 0 spiro atoms. The van der Waals surface area contributed by atoms with E-state index in [1.807, 2.05) is 0 Å². The van der Waals surface area contributed by atoms with Gasteiger partial charge in [-0.25, -0.2) is 8.96 Å². The van der Waals surface area contributed by atoms with E-state index >= 15 is 0 Å². The van der Waals surface area contributed by atoms with Gasteiger partial charge in [-0.1, -0.05) is 11.4 Å². The molecule has 1 saturated heterocycles. The number of likely N-dealkylation sites (tertiary alicyclic amines) is 1. The highest BCUT2D eigenvalue weighted by Crippen LogP contribution is 2.13. The third-order valence-corrected chi connectivity index (χ3v) is 3.16. The smallest absolute Gasteiger partial charge is 0.390 e. The van der Waals surface area contributed by atoms with Crippen LogP contribution in [0, 0.1) is 10.1 Å². The number of alkyl halides is 1.